The molecule has 0 bridgehead atoms. The second kappa shape index (κ2) is 11.1. The van der Waals surface area contributed by atoms with Gasteiger partial charge >= 0.3 is 0 Å². The maximum Gasteiger partial charge on any atom is 0.226 e. The van der Waals surface area contributed by atoms with Crippen molar-refractivity contribution in [3.05, 3.63) is 106 Å². The standard InChI is InChI=1S/C32H34ClN5OS/c1-18(2)31(39)35-26-14-13-25(16-19(26)3)38-30(29(36-32(38)40)27-12-7-8-15-34-27)28-20(4)21(5)37(22(28)6)24-11-9-10-23(33)17-24/h7-18,29-30H,1-6H3,(H,35,39)(H,36,40)/t29-,30-/m0/s1. The molecule has 0 radical (unpaired) electrons. The molecule has 2 N–H and O–H groups in total. The van der Waals surface area contributed by atoms with Gasteiger partial charge in [-0.1, -0.05) is 37.6 Å². The largest absolute Gasteiger partial charge is 0.351 e. The minimum absolute atomic E-state index is 0.00798. The molecule has 2 aromatic carbocycles. The van der Waals surface area contributed by atoms with Crippen LogP contribution in [0.4, 0.5) is 11.4 Å². The predicted octanol–water partition coefficient (Wildman–Crippen LogP) is 7.53. The van der Waals surface area contributed by atoms with Crippen LogP contribution in [0.1, 0.15) is 59.7 Å². The number of amides is 1. The molecule has 8 heteroatoms. The summed E-state index contributed by atoms with van der Waals surface area (Å²) in [5.74, 6) is -0.109. The predicted molar refractivity (Wildman–Crippen MR) is 168 cm³/mol. The number of carbonyl (C=O) groups is 1. The van der Waals surface area contributed by atoms with Gasteiger partial charge in [0.1, 0.15) is 0 Å². The number of carbonyl (C=O) groups excluding carboxylic acids is 1. The quantitative estimate of drug-likeness (QED) is 0.234. The molecule has 1 saturated heterocycles. The van der Waals surface area contributed by atoms with Crippen LogP contribution in [0.5, 0.6) is 0 Å². The van der Waals surface area contributed by atoms with E-state index in [1.54, 1.807) is 0 Å². The van der Waals surface area contributed by atoms with E-state index in [2.05, 4.69) is 53.0 Å². The molecule has 1 aliphatic heterocycles. The number of anilines is 2. The van der Waals surface area contributed by atoms with Crippen LogP contribution in [0.2, 0.25) is 5.02 Å². The summed E-state index contributed by atoms with van der Waals surface area (Å²) < 4.78 is 2.27. The van der Waals surface area contributed by atoms with Crippen molar-refractivity contribution in [1.82, 2.24) is 14.9 Å². The molecule has 206 valence electrons. The number of rotatable bonds is 6. The summed E-state index contributed by atoms with van der Waals surface area (Å²) >= 11 is 12.4. The Balaban J connectivity index is 1.66. The fourth-order valence-electron chi connectivity index (χ4n) is 5.59. The van der Waals surface area contributed by atoms with Crippen molar-refractivity contribution in [2.24, 2.45) is 5.92 Å². The Bertz CT molecular complexity index is 1600. The first-order valence-electron chi connectivity index (χ1n) is 13.4. The second-order valence-electron chi connectivity index (χ2n) is 10.7. The normalized spacial score (nSPS) is 16.9. The molecule has 6 nitrogen and oxygen atoms in total. The van der Waals surface area contributed by atoms with Gasteiger partial charge < -0.3 is 20.1 Å². The van der Waals surface area contributed by atoms with E-state index in [1.807, 2.05) is 75.5 Å². The van der Waals surface area contributed by atoms with Gasteiger partial charge in [-0.05, 0) is 99.6 Å². The first-order valence-corrected chi connectivity index (χ1v) is 14.2. The van der Waals surface area contributed by atoms with Crippen molar-refractivity contribution in [3.63, 3.8) is 0 Å². The van der Waals surface area contributed by atoms with Gasteiger partial charge in [0.15, 0.2) is 5.11 Å². The molecule has 1 fully saturated rings. The number of hydrogen-bond donors (Lipinski definition) is 2. The third kappa shape index (κ3) is 5.00. The van der Waals surface area contributed by atoms with Gasteiger partial charge in [0, 0.05) is 51.2 Å². The van der Waals surface area contributed by atoms with Crippen LogP contribution in [0.3, 0.4) is 0 Å². The minimum Gasteiger partial charge on any atom is -0.351 e. The van der Waals surface area contributed by atoms with E-state index in [4.69, 9.17) is 28.8 Å². The van der Waals surface area contributed by atoms with Gasteiger partial charge in [0.25, 0.3) is 0 Å². The summed E-state index contributed by atoms with van der Waals surface area (Å²) in [5, 5.41) is 7.94. The van der Waals surface area contributed by atoms with Crippen LogP contribution in [-0.4, -0.2) is 20.6 Å². The number of pyridine rings is 1. The van der Waals surface area contributed by atoms with E-state index >= 15 is 0 Å². The maximum absolute atomic E-state index is 12.4. The first kappa shape index (κ1) is 27.9. The molecule has 0 spiro atoms. The van der Waals surface area contributed by atoms with E-state index < -0.39 is 0 Å². The molecule has 2 aromatic heterocycles. The highest BCUT2D eigenvalue weighted by Crippen LogP contribution is 2.46. The number of thiocarbonyl (C=S) groups is 1. The molecule has 40 heavy (non-hydrogen) atoms. The molecule has 0 saturated carbocycles. The Labute approximate surface area is 246 Å². The lowest BCUT2D eigenvalue weighted by Crippen LogP contribution is -2.30. The number of hydrogen-bond acceptors (Lipinski definition) is 3. The molecular formula is C32H34ClN5OS. The van der Waals surface area contributed by atoms with E-state index in [1.165, 1.54) is 11.1 Å². The Morgan fingerprint density at radius 2 is 1.77 bits per heavy atom. The van der Waals surface area contributed by atoms with Crippen molar-refractivity contribution >= 4 is 46.2 Å². The molecule has 0 aliphatic carbocycles. The van der Waals surface area contributed by atoms with Gasteiger partial charge in [0.05, 0.1) is 17.8 Å². The van der Waals surface area contributed by atoms with Gasteiger partial charge in [-0.25, -0.2) is 0 Å². The minimum atomic E-state index is -0.165. The highest BCUT2D eigenvalue weighted by molar-refractivity contribution is 7.80. The summed E-state index contributed by atoms with van der Waals surface area (Å²) in [7, 11) is 0. The average molecular weight is 572 g/mol. The van der Waals surface area contributed by atoms with E-state index in [0.29, 0.717) is 10.1 Å². The van der Waals surface area contributed by atoms with Gasteiger partial charge in [-0.2, -0.15) is 0 Å². The third-order valence-electron chi connectivity index (χ3n) is 7.74. The molecule has 1 amide bonds. The molecule has 3 heterocycles. The van der Waals surface area contributed by atoms with Crippen LogP contribution < -0.4 is 15.5 Å². The molecular weight excluding hydrogens is 538 g/mol. The van der Waals surface area contributed by atoms with Crippen LogP contribution in [0, 0.1) is 33.6 Å². The Morgan fingerprint density at radius 3 is 2.42 bits per heavy atom. The van der Waals surface area contributed by atoms with Crippen LogP contribution in [0.25, 0.3) is 5.69 Å². The van der Waals surface area contributed by atoms with E-state index in [-0.39, 0.29) is 23.9 Å². The molecule has 0 unspecified atom stereocenters. The Morgan fingerprint density at radius 1 is 1.00 bits per heavy atom. The smallest absolute Gasteiger partial charge is 0.226 e. The van der Waals surface area contributed by atoms with Crippen molar-refractivity contribution < 1.29 is 4.79 Å². The van der Waals surface area contributed by atoms with Gasteiger partial charge in [-0.15, -0.1) is 0 Å². The Kier molecular flexibility index (Phi) is 7.71. The number of benzene rings is 2. The topological polar surface area (TPSA) is 62.2 Å². The van der Waals surface area contributed by atoms with Crippen molar-refractivity contribution in [1.29, 1.82) is 0 Å². The summed E-state index contributed by atoms with van der Waals surface area (Å²) in [5.41, 5.74) is 9.31. The average Bonchev–Trinajstić information content (AvgIpc) is 3.37. The van der Waals surface area contributed by atoms with Crippen molar-refractivity contribution in [3.8, 4) is 5.69 Å². The lowest BCUT2D eigenvalue weighted by atomic mass is 9.93. The zero-order valence-electron chi connectivity index (χ0n) is 23.6. The second-order valence-corrected chi connectivity index (χ2v) is 11.5. The number of aryl methyl sites for hydroxylation is 1. The molecule has 5 rings (SSSR count). The lowest BCUT2D eigenvalue weighted by molar-refractivity contribution is -0.118. The number of aromatic nitrogens is 2. The number of nitrogens with one attached hydrogen (secondary N) is 2. The van der Waals surface area contributed by atoms with Crippen molar-refractivity contribution in [2.75, 3.05) is 10.2 Å². The number of halogens is 1. The molecule has 1 aliphatic rings. The van der Waals surface area contributed by atoms with E-state index in [9.17, 15) is 4.79 Å². The van der Waals surface area contributed by atoms with Crippen LogP contribution in [-0.2, 0) is 4.79 Å². The number of nitrogens with zero attached hydrogens (tertiary/aromatic N) is 3. The summed E-state index contributed by atoms with van der Waals surface area (Å²) in [6.07, 6.45) is 1.82. The third-order valence-corrected chi connectivity index (χ3v) is 8.29. The zero-order valence-corrected chi connectivity index (χ0v) is 25.2. The fraction of sp³-hybridized carbons (Fsp3) is 0.281. The monoisotopic (exact) mass is 571 g/mol. The molecule has 4 aromatic rings. The fourth-order valence-corrected chi connectivity index (χ4v) is 6.12. The summed E-state index contributed by atoms with van der Waals surface area (Å²) in [6.45, 7) is 12.2. The summed E-state index contributed by atoms with van der Waals surface area (Å²) in [6, 6.07) is 19.7. The first-order chi connectivity index (χ1) is 19.1. The highest BCUT2D eigenvalue weighted by atomic mass is 35.5. The van der Waals surface area contributed by atoms with Crippen molar-refractivity contribution in [2.45, 2.75) is 53.6 Å². The SMILES string of the molecule is Cc1cc(N2C(=S)N[C@@H](c3ccccn3)[C@@H]2c2c(C)c(C)n(-c3cccc(Cl)c3)c2C)ccc1NC(=O)C(C)C. The lowest BCUT2D eigenvalue weighted by Gasteiger charge is -2.29. The Hall–Kier alpha value is -3.68. The maximum atomic E-state index is 12.4. The van der Waals surface area contributed by atoms with E-state index in [0.717, 1.165) is 39.7 Å². The highest BCUT2D eigenvalue weighted by Gasteiger charge is 2.43. The van der Waals surface area contributed by atoms with Crippen LogP contribution in [0.15, 0.2) is 66.9 Å². The van der Waals surface area contributed by atoms with Crippen LogP contribution >= 0.6 is 23.8 Å². The summed E-state index contributed by atoms with van der Waals surface area (Å²) in [4.78, 5) is 19.3. The zero-order chi connectivity index (χ0) is 28.7. The van der Waals surface area contributed by atoms with Gasteiger partial charge in [-0.3, -0.25) is 9.78 Å². The van der Waals surface area contributed by atoms with Gasteiger partial charge in [0.2, 0.25) is 5.91 Å². The molecule has 2 atom stereocenters.